The van der Waals surface area contributed by atoms with Gasteiger partial charge in [-0.1, -0.05) is 78.1 Å². The van der Waals surface area contributed by atoms with Crippen molar-refractivity contribution in [2.75, 3.05) is 6.54 Å². The van der Waals surface area contributed by atoms with Crippen LogP contribution < -0.4 is 5.32 Å². The van der Waals surface area contributed by atoms with Crippen molar-refractivity contribution in [2.45, 2.75) is 90.5 Å². The van der Waals surface area contributed by atoms with E-state index in [1.165, 1.54) is 57.8 Å². The fourth-order valence-corrected chi connectivity index (χ4v) is 2.88. The summed E-state index contributed by atoms with van der Waals surface area (Å²) < 4.78 is 5.16. The van der Waals surface area contributed by atoms with Crippen LogP contribution >= 0.6 is 0 Å². The zero-order chi connectivity index (χ0) is 14.9. The lowest BCUT2D eigenvalue weighted by Gasteiger charge is -2.06. The Labute approximate surface area is 128 Å². The second-order valence-corrected chi connectivity index (χ2v) is 7.00. The summed E-state index contributed by atoms with van der Waals surface area (Å²) in [7, 11) is -0.608. The molecule has 1 amide bonds. The number of hydrogen-bond acceptors (Lipinski definition) is 2. The highest BCUT2D eigenvalue weighted by Crippen LogP contribution is 2.10. The molecule has 20 heavy (non-hydrogen) atoms. The van der Waals surface area contributed by atoms with Crippen LogP contribution in [0.3, 0.4) is 0 Å². The molecule has 0 aliphatic rings. The third-order valence-electron chi connectivity index (χ3n) is 3.53. The van der Waals surface area contributed by atoms with E-state index in [0.717, 1.165) is 25.4 Å². The summed E-state index contributed by atoms with van der Waals surface area (Å²) in [5.74, 6) is 0. The fourth-order valence-electron chi connectivity index (χ4n) is 2.16. The fraction of sp³-hybridized carbons (Fsp3) is 0.938. The number of unbranched alkanes of at least 4 members (excludes halogenated alkanes) is 9. The van der Waals surface area contributed by atoms with Gasteiger partial charge in [-0.05, 0) is 12.5 Å². The Balaban J connectivity index is 3.07. The molecule has 0 aliphatic heterocycles. The van der Waals surface area contributed by atoms with Gasteiger partial charge < -0.3 is 9.74 Å². The molecule has 4 heteroatoms. The predicted octanol–water partition coefficient (Wildman–Crippen LogP) is 4.55. The number of nitrogens with one attached hydrogen (secondary N) is 1. The normalized spacial score (nSPS) is 11.1. The average Bonchev–Trinajstić information content (AvgIpc) is 2.45. The van der Waals surface area contributed by atoms with Crippen molar-refractivity contribution in [3.8, 4) is 0 Å². The van der Waals surface area contributed by atoms with Crippen molar-refractivity contribution in [1.82, 2.24) is 5.32 Å². The molecule has 0 saturated carbocycles. The molecule has 0 aromatic carbocycles. The van der Waals surface area contributed by atoms with Gasteiger partial charge in [-0.15, -0.1) is 0 Å². The second kappa shape index (κ2) is 16.5. The topological polar surface area (TPSA) is 38.3 Å². The number of carbonyl (C=O) groups excluding carboxylic acids is 1. The Morgan fingerprint density at radius 3 is 1.95 bits per heavy atom. The molecule has 0 radical (unpaired) electrons. The van der Waals surface area contributed by atoms with Gasteiger partial charge in [0.2, 0.25) is 9.76 Å². The molecule has 0 saturated heterocycles. The van der Waals surface area contributed by atoms with E-state index in [1.54, 1.807) is 0 Å². The average molecular weight is 302 g/mol. The van der Waals surface area contributed by atoms with Gasteiger partial charge in [0.05, 0.1) is 0 Å². The van der Waals surface area contributed by atoms with E-state index in [1.807, 2.05) is 0 Å². The maximum absolute atomic E-state index is 11.3. The quantitative estimate of drug-likeness (QED) is 0.378. The summed E-state index contributed by atoms with van der Waals surface area (Å²) in [4.78, 5) is 11.3. The molecular weight excluding hydrogens is 266 g/mol. The Kier molecular flexibility index (Phi) is 16.1. The van der Waals surface area contributed by atoms with Gasteiger partial charge >= 0.3 is 6.09 Å². The highest BCUT2D eigenvalue weighted by Gasteiger charge is 1.99. The van der Waals surface area contributed by atoms with Crippen molar-refractivity contribution >= 4 is 15.9 Å². The van der Waals surface area contributed by atoms with Gasteiger partial charge in [0, 0.05) is 6.54 Å². The van der Waals surface area contributed by atoms with Gasteiger partial charge in [-0.3, -0.25) is 0 Å². The first kappa shape index (κ1) is 19.5. The third kappa shape index (κ3) is 15.5. The molecule has 0 rings (SSSR count). The molecule has 0 aromatic rings. The number of rotatable bonds is 14. The largest absolute Gasteiger partial charge is 0.509 e. The van der Waals surface area contributed by atoms with Crippen molar-refractivity contribution in [1.29, 1.82) is 0 Å². The predicted molar refractivity (Wildman–Crippen MR) is 90.0 cm³/mol. The van der Waals surface area contributed by atoms with Crippen LogP contribution in [0.25, 0.3) is 0 Å². The summed E-state index contributed by atoms with van der Waals surface area (Å²) in [6.45, 7) is 5.16. The van der Waals surface area contributed by atoms with Gasteiger partial charge in [0.15, 0.2) is 0 Å². The molecule has 0 atom stereocenters. The summed E-state index contributed by atoms with van der Waals surface area (Å²) >= 11 is 0. The van der Waals surface area contributed by atoms with Gasteiger partial charge in [-0.25, -0.2) is 4.79 Å². The molecule has 0 unspecified atom stereocenters. The van der Waals surface area contributed by atoms with Crippen LogP contribution in [0, 0.1) is 0 Å². The summed E-state index contributed by atoms with van der Waals surface area (Å²) in [5.41, 5.74) is 0. The molecule has 0 heterocycles. The van der Waals surface area contributed by atoms with E-state index in [9.17, 15) is 4.79 Å². The van der Waals surface area contributed by atoms with Crippen molar-refractivity contribution in [3.63, 3.8) is 0 Å². The molecule has 0 spiro atoms. The first-order valence-electron chi connectivity index (χ1n) is 8.71. The molecule has 1 N–H and O–H groups in total. The van der Waals surface area contributed by atoms with Gasteiger partial charge in [0.25, 0.3) is 0 Å². The van der Waals surface area contributed by atoms with Crippen molar-refractivity contribution in [2.24, 2.45) is 0 Å². The lowest BCUT2D eigenvalue weighted by Crippen LogP contribution is -2.26. The lowest BCUT2D eigenvalue weighted by molar-refractivity contribution is 0.202. The Bertz CT molecular complexity index is 213. The molecule has 120 valence electrons. The van der Waals surface area contributed by atoms with Crippen LogP contribution in [-0.2, 0) is 4.43 Å². The van der Waals surface area contributed by atoms with Crippen LogP contribution in [0.5, 0.6) is 0 Å². The van der Waals surface area contributed by atoms with E-state index in [2.05, 4.69) is 19.2 Å². The van der Waals surface area contributed by atoms with Crippen LogP contribution in [0.4, 0.5) is 4.79 Å². The summed E-state index contributed by atoms with van der Waals surface area (Å²) in [5, 5.41) is 2.84. The highest BCUT2D eigenvalue weighted by atomic mass is 28.2. The first-order valence-corrected chi connectivity index (χ1v) is 10.3. The van der Waals surface area contributed by atoms with Crippen LogP contribution in [0.2, 0.25) is 6.04 Å². The van der Waals surface area contributed by atoms with Crippen molar-refractivity contribution in [3.05, 3.63) is 0 Å². The maximum atomic E-state index is 11.3. The molecule has 0 aliphatic carbocycles. The van der Waals surface area contributed by atoms with Crippen LogP contribution in [-0.4, -0.2) is 22.4 Å². The molecular formula is C16H35NO2Si. The highest BCUT2D eigenvalue weighted by molar-refractivity contribution is 6.30. The minimum atomic E-state index is -0.608. The van der Waals surface area contributed by atoms with Gasteiger partial charge in [-0.2, -0.15) is 0 Å². The molecule has 0 fully saturated rings. The number of amides is 1. The van der Waals surface area contributed by atoms with E-state index in [-0.39, 0.29) is 6.09 Å². The molecule has 3 nitrogen and oxygen atoms in total. The minimum Gasteiger partial charge on any atom is -0.509 e. The van der Waals surface area contributed by atoms with E-state index in [0.29, 0.717) is 0 Å². The Hall–Kier alpha value is -0.513. The van der Waals surface area contributed by atoms with Gasteiger partial charge in [0.1, 0.15) is 0 Å². The monoisotopic (exact) mass is 301 g/mol. The Morgan fingerprint density at radius 1 is 0.850 bits per heavy atom. The number of hydrogen-bond donors (Lipinski definition) is 1. The van der Waals surface area contributed by atoms with E-state index < -0.39 is 9.76 Å². The minimum absolute atomic E-state index is 0.193. The zero-order valence-electron chi connectivity index (χ0n) is 13.7. The van der Waals surface area contributed by atoms with E-state index in [4.69, 9.17) is 4.43 Å². The SMILES string of the molecule is CCCCCCCCCCCCNC(=O)O[SiH2]CCC. The standard InChI is InChI=1S/C16H35NO2Si/c1-3-5-6-7-8-9-10-11-12-13-14-17-16(18)19-20-15-4-2/h3-15,20H2,1-2H3,(H,17,18). The molecule has 0 bridgehead atoms. The van der Waals surface area contributed by atoms with Crippen molar-refractivity contribution < 1.29 is 9.22 Å². The van der Waals surface area contributed by atoms with E-state index >= 15 is 0 Å². The Morgan fingerprint density at radius 2 is 1.40 bits per heavy atom. The molecule has 0 aromatic heterocycles. The smallest absolute Gasteiger partial charge is 0.393 e. The zero-order valence-corrected chi connectivity index (χ0v) is 15.1. The number of carbonyl (C=O) groups is 1. The maximum Gasteiger partial charge on any atom is 0.393 e. The third-order valence-corrected chi connectivity index (χ3v) is 4.99. The first-order chi connectivity index (χ1) is 9.81. The second-order valence-electron chi connectivity index (χ2n) is 5.60. The summed E-state index contributed by atoms with van der Waals surface area (Å²) in [6.07, 6.45) is 14.2. The summed E-state index contributed by atoms with van der Waals surface area (Å²) in [6, 6.07) is 1.09. The van der Waals surface area contributed by atoms with Crippen LogP contribution in [0.15, 0.2) is 0 Å². The lowest BCUT2D eigenvalue weighted by atomic mass is 10.1. The van der Waals surface area contributed by atoms with Crippen LogP contribution in [0.1, 0.15) is 84.5 Å².